The van der Waals surface area contributed by atoms with E-state index in [1.807, 2.05) is 12.1 Å². The maximum absolute atomic E-state index is 5.39. The second-order valence-electron chi connectivity index (χ2n) is 5.47. The highest BCUT2D eigenvalue weighted by Gasteiger charge is 2.16. The smallest absolute Gasteiger partial charge is 0.191 e. The highest BCUT2D eigenvalue weighted by atomic mass is 127. The molecule has 2 rings (SSSR count). The number of ether oxygens (including phenoxy) is 1. The topological polar surface area (TPSA) is 62.0 Å². The number of hydrogen-bond donors (Lipinski definition) is 2. The van der Waals surface area contributed by atoms with Crippen molar-refractivity contribution in [3.63, 3.8) is 0 Å². The van der Waals surface area contributed by atoms with Crippen molar-refractivity contribution in [2.75, 3.05) is 45.9 Å². The van der Waals surface area contributed by atoms with E-state index in [0.29, 0.717) is 6.04 Å². The zero-order chi connectivity index (χ0) is 15.6. The first-order valence-corrected chi connectivity index (χ1v) is 8.16. The van der Waals surface area contributed by atoms with E-state index in [-0.39, 0.29) is 24.0 Å². The van der Waals surface area contributed by atoms with Gasteiger partial charge in [-0.25, -0.2) is 0 Å². The first-order chi connectivity index (χ1) is 10.8. The zero-order valence-electron chi connectivity index (χ0n) is 14.1. The van der Waals surface area contributed by atoms with Crippen LogP contribution in [0.3, 0.4) is 0 Å². The molecule has 2 N–H and O–H groups in total. The molecule has 0 aromatic carbocycles. The number of nitrogens with zero attached hydrogens (tertiary/aromatic N) is 2. The number of guanidine groups is 1. The normalized spacial score (nSPS) is 17.4. The van der Waals surface area contributed by atoms with E-state index in [0.717, 1.165) is 64.1 Å². The number of halogens is 1. The molecule has 132 valence electrons. The highest BCUT2D eigenvalue weighted by Crippen LogP contribution is 2.04. The number of morpholine rings is 1. The van der Waals surface area contributed by atoms with Crippen molar-refractivity contribution in [1.82, 2.24) is 15.5 Å². The minimum Gasteiger partial charge on any atom is -0.469 e. The Morgan fingerprint density at radius 2 is 2.13 bits per heavy atom. The van der Waals surface area contributed by atoms with E-state index < -0.39 is 0 Å². The van der Waals surface area contributed by atoms with Crippen molar-refractivity contribution in [2.24, 2.45) is 4.99 Å². The molecular weight excluding hydrogens is 407 g/mol. The van der Waals surface area contributed by atoms with Crippen LogP contribution in [0.4, 0.5) is 0 Å². The summed E-state index contributed by atoms with van der Waals surface area (Å²) < 4.78 is 10.7. The maximum Gasteiger partial charge on any atom is 0.191 e. The summed E-state index contributed by atoms with van der Waals surface area (Å²) in [5.74, 6) is 1.86. The van der Waals surface area contributed by atoms with Crippen LogP contribution in [0, 0.1) is 0 Å². The molecule has 0 amide bonds. The molecule has 6 nitrogen and oxygen atoms in total. The summed E-state index contributed by atoms with van der Waals surface area (Å²) in [7, 11) is 0. The summed E-state index contributed by atoms with van der Waals surface area (Å²) in [6, 6.07) is 4.34. The Hall–Kier alpha value is -0.800. The van der Waals surface area contributed by atoms with Gasteiger partial charge in [-0.1, -0.05) is 0 Å². The molecule has 2 heterocycles. The van der Waals surface area contributed by atoms with Crippen LogP contribution in [0.1, 0.15) is 19.6 Å². The number of rotatable bonds is 7. The van der Waals surface area contributed by atoms with Crippen LogP contribution in [0.5, 0.6) is 0 Å². The maximum atomic E-state index is 5.39. The van der Waals surface area contributed by atoms with Gasteiger partial charge in [0, 0.05) is 38.6 Å². The third kappa shape index (κ3) is 7.54. The summed E-state index contributed by atoms with van der Waals surface area (Å²) >= 11 is 0. The van der Waals surface area contributed by atoms with E-state index in [4.69, 9.17) is 9.15 Å². The Balaban J connectivity index is 0.00000264. The molecule has 0 aliphatic carbocycles. The number of hydrogen-bond acceptors (Lipinski definition) is 4. The van der Waals surface area contributed by atoms with Crippen molar-refractivity contribution in [2.45, 2.75) is 26.3 Å². The number of aliphatic imine (C=N–C) groups is 1. The largest absolute Gasteiger partial charge is 0.469 e. The van der Waals surface area contributed by atoms with Gasteiger partial charge in [0.05, 0.1) is 26.0 Å². The van der Waals surface area contributed by atoms with Gasteiger partial charge in [0.1, 0.15) is 5.76 Å². The van der Waals surface area contributed by atoms with Gasteiger partial charge in [0.15, 0.2) is 5.96 Å². The minimum absolute atomic E-state index is 0. The molecule has 1 saturated heterocycles. The van der Waals surface area contributed by atoms with Gasteiger partial charge in [-0.05, 0) is 26.0 Å². The third-order valence-corrected chi connectivity index (χ3v) is 3.77. The molecule has 1 aliphatic heterocycles. The van der Waals surface area contributed by atoms with Crippen LogP contribution < -0.4 is 10.6 Å². The molecule has 0 spiro atoms. The lowest BCUT2D eigenvalue weighted by Gasteiger charge is -2.31. The molecule has 0 saturated carbocycles. The van der Waals surface area contributed by atoms with Gasteiger partial charge < -0.3 is 19.8 Å². The number of furan rings is 1. The van der Waals surface area contributed by atoms with Crippen molar-refractivity contribution >= 4 is 29.9 Å². The molecule has 1 aromatic heterocycles. The second kappa shape index (κ2) is 11.7. The molecule has 1 aliphatic rings. The van der Waals surface area contributed by atoms with Gasteiger partial charge in [0.2, 0.25) is 0 Å². The average Bonchev–Trinajstić information content (AvgIpc) is 3.06. The lowest BCUT2D eigenvalue weighted by Crippen LogP contribution is -2.44. The monoisotopic (exact) mass is 436 g/mol. The molecule has 0 bridgehead atoms. The van der Waals surface area contributed by atoms with Crippen LogP contribution in [0.25, 0.3) is 0 Å². The summed E-state index contributed by atoms with van der Waals surface area (Å²) in [6.07, 6.45) is 2.56. The molecule has 1 atom stereocenters. The molecule has 0 radical (unpaired) electrons. The van der Waals surface area contributed by atoms with Crippen molar-refractivity contribution in [3.05, 3.63) is 24.2 Å². The standard InChI is InChI=1S/C16H28N4O2.HI/c1-3-17-16(18-7-6-15-5-4-10-22-15)19-13-14(2)20-8-11-21-12-9-20;/h4-5,10,14H,3,6-9,11-13H2,1-2H3,(H2,17,18,19);1H. The van der Waals surface area contributed by atoms with Gasteiger partial charge in [-0.15, -0.1) is 24.0 Å². The molecular formula is C16H29IN4O2. The van der Waals surface area contributed by atoms with E-state index in [1.165, 1.54) is 0 Å². The zero-order valence-corrected chi connectivity index (χ0v) is 16.4. The van der Waals surface area contributed by atoms with Crippen LogP contribution in [-0.2, 0) is 11.2 Å². The average molecular weight is 436 g/mol. The lowest BCUT2D eigenvalue weighted by atomic mass is 10.2. The molecule has 7 heteroatoms. The first-order valence-electron chi connectivity index (χ1n) is 8.16. The van der Waals surface area contributed by atoms with Crippen molar-refractivity contribution < 1.29 is 9.15 Å². The summed E-state index contributed by atoms with van der Waals surface area (Å²) in [6.45, 7) is 10.4. The van der Waals surface area contributed by atoms with Crippen LogP contribution >= 0.6 is 24.0 Å². The fraction of sp³-hybridized carbons (Fsp3) is 0.688. The predicted molar refractivity (Wildman–Crippen MR) is 104 cm³/mol. The van der Waals surface area contributed by atoms with Crippen LogP contribution in [0.15, 0.2) is 27.8 Å². The molecule has 23 heavy (non-hydrogen) atoms. The van der Waals surface area contributed by atoms with Crippen molar-refractivity contribution in [3.8, 4) is 0 Å². The Bertz CT molecular complexity index is 433. The number of nitrogens with one attached hydrogen (secondary N) is 2. The van der Waals surface area contributed by atoms with E-state index >= 15 is 0 Å². The second-order valence-corrected chi connectivity index (χ2v) is 5.47. The van der Waals surface area contributed by atoms with Crippen LogP contribution in [-0.4, -0.2) is 62.8 Å². The van der Waals surface area contributed by atoms with Gasteiger partial charge in [0.25, 0.3) is 0 Å². The first kappa shape index (κ1) is 20.2. The highest BCUT2D eigenvalue weighted by molar-refractivity contribution is 14.0. The SMILES string of the molecule is CCNC(=NCC(C)N1CCOCC1)NCCc1ccco1.I. The van der Waals surface area contributed by atoms with Crippen LogP contribution in [0.2, 0.25) is 0 Å². The molecule has 1 unspecified atom stereocenters. The molecule has 1 fully saturated rings. The van der Waals surface area contributed by atoms with Gasteiger partial charge in [-0.2, -0.15) is 0 Å². The van der Waals surface area contributed by atoms with Gasteiger partial charge >= 0.3 is 0 Å². The summed E-state index contributed by atoms with van der Waals surface area (Å²) in [5, 5.41) is 6.64. The lowest BCUT2D eigenvalue weighted by molar-refractivity contribution is 0.0220. The summed E-state index contributed by atoms with van der Waals surface area (Å²) in [5.41, 5.74) is 0. The fourth-order valence-corrected chi connectivity index (χ4v) is 2.46. The quantitative estimate of drug-likeness (QED) is 0.387. The van der Waals surface area contributed by atoms with Crippen molar-refractivity contribution in [1.29, 1.82) is 0 Å². The Kier molecular flexibility index (Phi) is 10.3. The van der Waals surface area contributed by atoms with E-state index in [1.54, 1.807) is 6.26 Å². The Morgan fingerprint density at radius 1 is 1.35 bits per heavy atom. The minimum atomic E-state index is 0. The summed E-state index contributed by atoms with van der Waals surface area (Å²) in [4.78, 5) is 7.12. The Labute approximate surface area is 156 Å². The predicted octanol–water partition coefficient (Wildman–Crippen LogP) is 1.72. The molecule has 1 aromatic rings. The van der Waals surface area contributed by atoms with Gasteiger partial charge in [-0.3, -0.25) is 9.89 Å². The van der Waals surface area contributed by atoms with E-state index in [2.05, 4.69) is 34.4 Å². The van der Waals surface area contributed by atoms with E-state index in [9.17, 15) is 0 Å². The third-order valence-electron chi connectivity index (χ3n) is 3.77. The fourth-order valence-electron chi connectivity index (χ4n) is 2.46. The Morgan fingerprint density at radius 3 is 2.78 bits per heavy atom.